The summed E-state index contributed by atoms with van der Waals surface area (Å²) in [6, 6.07) is -0.0507. The Balaban J connectivity index is 2.66. The number of hydrogen-bond donors (Lipinski definition) is 2. The van der Waals surface area contributed by atoms with Gasteiger partial charge in [0, 0.05) is 25.4 Å². The lowest BCUT2D eigenvalue weighted by atomic mass is 10.1. The van der Waals surface area contributed by atoms with Crippen LogP contribution in [0.5, 0.6) is 0 Å². The Kier molecular flexibility index (Phi) is 4.30. The van der Waals surface area contributed by atoms with Gasteiger partial charge in [-0.05, 0) is 13.5 Å². The number of aryl methyl sites for hydroxylation is 1. The van der Waals surface area contributed by atoms with Crippen molar-refractivity contribution in [1.29, 1.82) is 0 Å². The molecule has 0 fully saturated rings. The second-order valence-electron chi connectivity index (χ2n) is 3.89. The number of nitrogens with two attached hydrogens (primary N) is 1. The Bertz CT molecular complexity index is 360. The molecule has 0 saturated carbocycles. The fraction of sp³-hybridized carbons (Fsp3) is 0.600. The Labute approximate surface area is 95.3 Å². The average Bonchev–Trinajstić information content (AvgIpc) is 2.64. The quantitative estimate of drug-likeness (QED) is 0.328. The van der Waals surface area contributed by atoms with E-state index in [9.17, 15) is 0 Å². The molecule has 0 saturated heterocycles. The molecule has 1 unspecified atom stereocenters. The summed E-state index contributed by atoms with van der Waals surface area (Å²) in [7, 11) is 3.82. The molecule has 0 aliphatic heterocycles. The van der Waals surface area contributed by atoms with E-state index in [-0.39, 0.29) is 11.9 Å². The smallest absolute Gasteiger partial charge is 0.156 e. The van der Waals surface area contributed by atoms with E-state index in [0.717, 1.165) is 18.5 Å². The minimum absolute atomic E-state index is 0.0507. The third kappa shape index (κ3) is 2.96. The van der Waals surface area contributed by atoms with Gasteiger partial charge in [-0.15, -0.1) is 0 Å². The molecular formula is C10H19N5O. The minimum atomic E-state index is -0.0507. The van der Waals surface area contributed by atoms with Gasteiger partial charge in [-0.1, -0.05) is 12.1 Å². The second kappa shape index (κ2) is 5.50. The van der Waals surface area contributed by atoms with Crippen molar-refractivity contribution in [2.24, 2.45) is 17.9 Å². The zero-order valence-electron chi connectivity index (χ0n) is 9.96. The van der Waals surface area contributed by atoms with Crippen molar-refractivity contribution in [1.82, 2.24) is 14.7 Å². The van der Waals surface area contributed by atoms with Crippen molar-refractivity contribution in [3.05, 3.63) is 18.0 Å². The van der Waals surface area contributed by atoms with Gasteiger partial charge in [-0.25, -0.2) is 0 Å². The molecule has 0 bridgehead atoms. The molecule has 90 valence electrons. The third-order valence-corrected chi connectivity index (χ3v) is 2.57. The molecule has 1 rings (SSSR count). The molecule has 1 aromatic heterocycles. The van der Waals surface area contributed by atoms with Crippen LogP contribution in [0.3, 0.4) is 0 Å². The maximum atomic E-state index is 8.68. The standard InChI is InChI=1S/C10H19N5O/c1-4-9(10(11)13-16)14(2)6-8-5-12-15(3)7-8/h5,7,9,16H,4,6H2,1-3H3,(H2,11,13). The van der Waals surface area contributed by atoms with E-state index >= 15 is 0 Å². The summed E-state index contributed by atoms with van der Waals surface area (Å²) in [5, 5.41) is 15.8. The first-order valence-corrected chi connectivity index (χ1v) is 5.23. The first-order valence-electron chi connectivity index (χ1n) is 5.23. The van der Waals surface area contributed by atoms with Crippen molar-refractivity contribution in [2.75, 3.05) is 7.05 Å². The molecule has 0 spiro atoms. The van der Waals surface area contributed by atoms with Gasteiger partial charge in [-0.2, -0.15) is 5.10 Å². The third-order valence-electron chi connectivity index (χ3n) is 2.57. The van der Waals surface area contributed by atoms with Gasteiger partial charge >= 0.3 is 0 Å². The fourth-order valence-electron chi connectivity index (χ4n) is 1.76. The summed E-state index contributed by atoms with van der Waals surface area (Å²) in [5.41, 5.74) is 6.73. The Morgan fingerprint density at radius 2 is 2.44 bits per heavy atom. The van der Waals surface area contributed by atoms with Crippen molar-refractivity contribution < 1.29 is 5.21 Å². The van der Waals surface area contributed by atoms with E-state index in [4.69, 9.17) is 10.9 Å². The summed E-state index contributed by atoms with van der Waals surface area (Å²) in [6.45, 7) is 2.73. The van der Waals surface area contributed by atoms with Crippen LogP contribution in [0.2, 0.25) is 0 Å². The largest absolute Gasteiger partial charge is 0.409 e. The fourth-order valence-corrected chi connectivity index (χ4v) is 1.76. The van der Waals surface area contributed by atoms with E-state index in [2.05, 4.69) is 10.3 Å². The highest BCUT2D eigenvalue weighted by molar-refractivity contribution is 5.85. The number of rotatable bonds is 5. The number of likely N-dealkylation sites (N-methyl/N-ethyl adjacent to an activating group) is 1. The van der Waals surface area contributed by atoms with Crippen molar-refractivity contribution in [2.45, 2.75) is 25.9 Å². The number of nitrogens with zero attached hydrogens (tertiary/aromatic N) is 4. The molecule has 16 heavy (non-hydrogen) atoms. The van der Waals surface area contributed by atoms with Crippen LogP contribution in [0.1, 0.15) is 18.9 Å². The molecule has 0 aromatic carbocycles. The molecular weight excluding hydrogens is 206 g/mol. The van der Waals surface area contributed by atoms with Crippen LogP contribution in [0.25, 0.3) is 0 Å². The summed E-state index contributed by atoms with van der Waals surface area (Å²) in [6.07, 6.45) is 4.57. The molecule has 0 aliphatic carbocycles. The van der Waals surface area contributed by atoms with E-state index in [1.54, 1.807) is 4.68 Å². The predicted octanol–water partition coefficient (Wildman–Crippen LogP) is 0.377. The number of oxime groups is 1. The molecule has 1 heterocycles. The van der Waals surface area contributed by atoms with Crippen molar-refractivity contribution in [3.8, 4) is 0 Å². The molecule has 0 radical (unpaired) electrons. The topological polar surface area (TPSA) is 79.7 Å². The summed E-state index contributed by atoms with van der Waals surface area (Å²) >= 11 is 0. The Morgan fingerprint density at radius 1 is 1.75 bits per heavy atom. The van der Waals surface area contributed by atoms with Crippen LogP contribution in [0.4, 0.5) is 0 Å². The van der Waals surface area contributed by atoms with Crippen LogP contribution >= 0.6 is 0 Å². The summed E-state index contributed by atoms with van der Waals surface area (Å²) in [5.74, 6) is 0.244. The Morgan fingerprint density at radius 3 is 2.88 bits per heavy atom. The monoisotopic (exact) mass is 225 g/mol. The van der Waals surface area contributed by atoms with Gasteiger partial charge in [0.25, 0.3) is 0 Å². The highest BCUT2D eigenvalue weighted by Crippen LogP contribution is 2.08. The van der Waals surface area contributed by atoms with Crippen LogP contribution < -0.4 is 5.73 Å². The van der Waals surface area contributed by atoms with Crippen LogP contribution in [0.15, 0.2) is 17.5 Å². The lowest BCUT2D eigenvalue weighted by Crippen LogP contribution is -2.41. The molecule has 6 nitrogen and oxygen atoms in total. The normalized spacial score (nSPS) is 14.4. The van der Waals surface area contributed by atoms with Crippen LogP contribution in [-0.4, -0.2) is 38.8 Å². The number of aromatic nitrogens is 2. The van der Waals surface area contributed by atoms with Crippen LogP contribution in [0, 0.1) is 0 Å². The van der Waals surface area contributed by atoms with Crippen molar-refractivity contribution >= 4 is 5.84 Å². The maximum absolute atomic E-state index is 8.68. The molecule has 0 aliphatic rings. The summed E-state index contributed by atoms with van der Waals surface area (Å²) < 4.78 is 1.76. The highest BCUT2D eigenvalue weighted by Gasteiger charge is 2.17. The van der Waals surface area contributed by atoms with Gasteiger partial charge in [0.05, 0.1) is 12.2 Å². The van der Waals surface area contributed by atoms with E-state index in [0.29, 0.717) is 0 Å². The van der Waals surface area contributed by atoms with Gasteiger partial charge in [0.15, 0.2) is 5.84 Å². The maximum Gasteiger partial charge on any atom is 0.156 e. The minimum Gasteiger partial charge on any atom is -0.409 e. The SMILES string of the molecule is CCC(C(N)=NO)N(C)Cc1cnn(C)c1. The van der Waals surface area contributed by atoms with Gasteiger partial charge in [0.2, 0.25) is 0 Å². The number of amidine groups is 1. The summed E-state index contributed by atoms with van der Waals surface area (Å²) in [4.78, 5) is 2.03. The molecule has 0 amide bonds. The predicted molar refractivity (Wildman–Crippen MR) is 62.2 cm³/mol. The van der Waals surface area contributed by atoms with Gasteiger partial charge in [-0.3, -0.25) is 9.58 Å². The van der Waals surface area contributed by atoms with Crippen molar-refractivity contribution in [3.63, 3.8) is 0 Å². The van der Waals surface area contributed by atoms with E-state index in [1.165, 1.54) is 0 Å². The van der Waals surface area contributed by atoms with E-state index < -0.39 is 0 Å². The first-order chi connectivity index (χ1) is 7.58. The van der Waals surface area contributed by atoms with E-state index in [1.807, 2.05) is 38.3 Å². The highest BCUT2D eigenvalue weighted by atomic mass is 16.4. The molecule has 3 N–H and O–H groups in total. The van der Waals surface area contributed by atoms with Gasteiger partial charge < -0.3 is 10.9 Å². The molecule has 6 heteroatoms. The average molecular weight is 225 g/mol. The zero-order valence-corrected chi connectivity index (χ0v) is 9.96. The van der Waals surface area contributed by atoms with Gasteiger partial charge in [0.1, 0.15) is 0 Å². The first kappa shape index (κ1) is 12.5. The zero-order chi connectivity index (χ0) is 12.1. The van der Waals surface area contributed by atoms with Crippen LogP contribution in [-0.2, 0) is 13.6 Å². The number of hydrogen-bond acceptors (Lipinski definition) is 4. The molecule has 1 aromatic rings. The molecule has 1 atom stereocenters. The second-order valence-corrected chi connectivity index (χ2v) is 3.89. The lowest BCUT2D eigenvalue weighted by Gasteiger charge is -2.25. The Hall–Kier alpha value is -1.56. The lowest BCUT2D eigenvalue weighted by molar-refractivity contribution is 0.264.